The van der Waals surface area contributed by atoms with Gasteiger partial charge < -0.3 is 4.42 Å². The fraction of sp³-hybridized carbons (Fsp3) is 0. The molecule has 228 valence electrons. The molecule has 0 radical (unpaired) electrons. The second-order valence-electron chi connectivity index (χ2n) is 10.6. The van der Waals surface area contributed by atoms with E-state index in [0.717, 1.165) is 6.07 Å². The summed E-state index contributed by atoms with van der Waals surface area (Å²) >= 11 is 0. The Kier molecular flexibility index (Phi) is 2.56. The van der Waals surface area contributed by atoms with Gasteiger partial charge in [0.05, 0.1) is 39.8 Å². The fourth-order valence-corrected chi connectivity index (χ4v) is 5.81. The van der Waals surface area contributed by atoms with Crippen molar-refractivity contribution in [3.63, 3.8) is 0 Å². The number of fused-ring (bicyclic) bond motifs is 6. The monoisotopic (exact) mass is 651 g/mol. The average Bonchev–Trinajstić information content (AvgIpc) is 3.95. The topological polar surface area (TPSA) is 13.1 Å². The Morgan fingerprint density at radius 3 is 1.59 bits per heavy atom. The molecule has 49 heavy (non-hydrogen) atoms. The van der Waals surface area contributed by atoms with Gasteiger partial charge in [0.2, 0.25) is 0 Å². The molecule has 0 saturated heterocycles. The van der Waals surface area contributed by atoms with Gasteiger partial charge in [-0.15, -0.1) is 0 Å². The molecule has 0 fully saturated rings. The van der Waals surface area contributed by atoms with Crippen LogP contribution in [0, 0.1) is 0 Å². The Bertz CT molecular complexity index is 4420. The number of hydrogen-bond acceptors (Lipinski definition) is 1. The van der Waals surface area contributed by atoms with Gasteiger partial charge >= 0.3 is 0 Å². The normalized spacial score (nSPS) is 20.0. The molecule has 1 heterocycles. The first-order valence-electron chi connectivity index (χ1n) is 29.0. The quantitative estimate of drug-likeness (QED) is 0.173. The maximum absolute atomic E-state index is 9.90. The summed E-state index contributed by atoms with van der Waals surface area (Å²) < 4.78 is 267. The first-order chi connectivity index (χ1) is 36.4. The Hall–Kier alpha value is -6.44. The smallest absolute Gasteiger partial charge is 0.135 e. The van der Waals surface area contributed by atoms with Crippen LogP contribution in [-0.4, -0.2) is 0 Å². The van der Waals surface area contributed by atoms with Crippen molar-refractivity contribution in [1.82, 2.24) is 0 Å². The van der Waals surface area contributed by atoms with Crippen LogP contribution in [0.2, 0.25) is 0 Å². The second kappa shape index (κ2) is 11.1. The number of benzene rings is 9. The molecule has 0 aliphatic heterocycles. The van der Waals surface area contributed by atoms with Crippen molar-refractivity contribution < 1.29 is 44.2 Å². The third-order valence-corrected chi connectivity index (χ3v) is 7.90. The van der Waals surface area contributed by atoms with Crippen LogP contribution < -0.4 is 0 Å². The third kappa shape index (κ3) is 4.47. The van der Waals surface area contributed by atoms with Gasteiger partial charge in [0.1, 0.15) is 11.2 Å². The highest BCUT2D eigenvalue weighted by atomic mass is 16.3. The second-order valence-corrected chi connectivity index (χ2v) is 10.6. The Morgan fingerprint density at radius 1 is 0.327 bits per heavy atom. The van der Waals surface area contributed by atoms with Gasteiger partial charge in [-0.2, -0.15) is 0 Å². The van der Waals surface area contributed by atoms with Crippen LogP contribution in [0.4, 0.5) is 0 Å². The Morgan fingerprint density at radius 2 is 0.857 bits per heavy atom. The first-order valence-corrected chi connectivity index (χ1v) is 14.5. The summed E-state index contributed by atoms with van der Waals surface area (Å²) in [7, 11) is 0. The molecule has 0 aliphatic carbocycles. The molecule has 0 unspecified atom stereocenters. The summed E-state index contributed by atoms with van der Waals surface area (Å²) in [5, 5.41) is -5.15. The van der Waals surface area contributed by atoms with Crippen molar-refractivity contribution in [2.24, 2.45) is 0 Å². The Labute approximate surface area is 325 Å². The molecule has 10 rings (SSSR count). The van der Waals surface area contributed by atoms with Crippen molar-refractivity contribution >= 4 is 54.3 Å². The number of rotatable bonds is 4. The first kappa shape index (κ1) is 11.3. The lowest BCUT2D eigenvalue weighted by molar-refractivity contribution is 0.669. The average molecular weight is 652 g/mol. The van der Waals surface area contributed by atoms with Crippen molar-refractivity contribution in [3.8, 4) is 44.5 Å². The molecule has 10 aromatic rings. The molecule has 1 aromatic heterocycles. The third-order valence-electron chi connectivity index (χ3n) is 7.90. The van der Waals surface area contributed by atoms with Crippen molar-refractivity contribution in [2.75, 3.05) is 0 Å². The molecule has 0 atom stereocenters. The number of hydrogen-bond donors (Lipinski definition) is 0. The van der Waals surface area contributed by atoms with E-state index in [1.54, 1.807) is 0 Å². The molecule has 0 saturated carbocycles. The summed E-state index contributed by atoms with van der Waals surface area (Å²) in [6.07, 6.45) is 0. The van der Waals surface area contributed by atoms with E-state index in [0.29, 0.717) is 0 Å². The Balaban J connectivity index is 1.46. The van der Waals surface area contributed by atoms with Crippen LogP contribution in [-0.2, 0) is 0 Å². The van der Waals surface area contributed by atoms with Crippen LogP contribution in [0.15, 0.2) is 186 Å². The molecule has 0 bridgehead atoms. The van der Waals surface area contributed by atoms with Gasteiger partial charge in [0.15, 0.2) is 0 Å². The minimum absolute atomic E-state index is 0.401. The molecular weight excluding hydrogens is 593 g/mol. The molecule has 9 aromatic carbocycles. The summed E-state index contributed by atoms with van der Waals surface area (Å²) in [6, 6.07) is -25.8. The maximum atomic E-state index is 9.90. The summed E-state index contributed by atoms with van der Waals surface area (Å²) in [6.45, 7) is 0. The van der Waals surface area contributed by atoms with E-state index < -0.39 is 274 Å². The lowest BCUT2D eigenvalue weighted by Crippen LogP contribution is -1.91. The van der Waals surface area contributed by atoms with E-state index in [4.69, 9.17) is 31.8 Å². The fourth-order valence-electron chi connectivity index (χ4n) is 5.81. The zero-order valence-corrected chi connectivity index (χ0v) is 24.5. The predicted molar refractivity (Wildman–Crippen MR) is 208 cm³/mol. The standard InChI is InChI=1S/C48H30O/c1-2-12-31(13-3-1)33-24-26-45-43(29-33)44-30-36(25-27-46(44)49-45)48-41-21-8-6-19-39(41)47(40-20-7-9-22-42(40)48)35-17-10-16-34(28-35)38-23-11-15-32-14-4-5-18-37(32)38/h1-30H/i1D,2D,3D,4D,5D,6D,7D,8D,9D,10D,11D,12D,13D,14D,15D,16D,17D,18D,19D,20D,21D,22D,23D,24D,25D,26D,28D,29D,30D. The molecule has 0 spiro atoms. The summed E-state index contributed by atoms with van der Waals surface area (Å²) in [5.41, 5.74) is -6.89. The lowest BCUT2D eigenvalue weighted by Gasteiger charge is -2.18. The van der Waals surface area contributed by atoms with Gasteiger partial charge in [0, 0.05) is 10.8 Å². The van der Waals surface area contributed by atoms with E-state index in [-0.39, 0.29) is 0 Å². The highest BCUT2D eigenvalue weighted by molar-refractivity contribution is 6.22. The summed E-state index contributed by atoms with van der Waals surface area (Å²) in [5.74, 6) is 0. The van der Waals surface area contributed by atoms with Crippen LogP contribution in [0.25, 0.3) is 98.8 Å². The van der Waals surface area contributed by atoms with E-state index in [1.807, 2.05) is 0 Å². The maximum Gasteiger partial charge on any atom is 0.135 e. The largest absolute Gasteiger partial charge is 0.456 e. The molecule has 0 amide bonds. The number of furan rings is 1. The van der Waals surface area contributed by atoms with Crippen LogP contribution in [0.3, 0.4) is 0 Å². The van der Waals surface area contributed by atoms with Crippen molar-refractivity contribution in [1.29, 1.82) is 0 Å². The van der Waals surface area contributed by atoms with E-state index in [1.165, 1.54) is 0 Å². The minimum Gasteiger partial charge on any atom is -0.456 e. The molecule has 0 aliphatic rings. The predicted octanol–water partition coefficient (Wildman–Crippen LogP) is 13.7. The minimum atomic E-state index is -1.09. The van der Waals surface area contributed by atoms with E-state index in [9.17, 15) is 12.3 Å². The molecule has 1 nitrogen and oxygen atoms in total. The highest BCUT2D eigenvalue weighted by Gasteiger charge is 2.18. The zero-order chi connectivity index (χ0) is 57.5. The van der Waals surface area contributed by atoms with Crippen molar-refractivity contribution in [2.45, 2.75) is 0 Å². The SMILES string of the molecule is [2H]c1cc2oc3c([2H])c([2H])c(-c4c([2H])c([2H])c([2H])c([2H])c4[2H])c([2H])c3c2c([2H])c1-c1c2c([2H])c([2H])c([2H])c([2H])c2c(-c2c([2H])c([2H])c([2H])c(-c3c([2H])c([2H])c([2H])c4c([2H])c([2H])c([2H])c([2H])c34)c2[2H])c2c([2H])c([2H])c([2H])c([2H])c12. The van der Waals surface area contributed by atoms with Gasteiger partial charge in [-0.1, -0.05) is 151 Å². The van der Waals surface area contributed by atoms with Crippen LogP contribution >= 0.6 is 0 Å². The highest BCUT2D eigenvalue weighted by Crippen LogP contribution is 2.45. The molecular formula is C48H30O. The summed E-state index contributed by atoms with van der Waals surface area (Å²) in [4.78, 5) is 0. The van der Waals surface area contributed by atoms with Crippen LogP contribution in [0.5, 0.6) is 0 Å². The molecule has 1 heteroatoms. The van der Waals surface area contributed by atoms with Gasteiger partial charge in [0.25, 0.3) is 0 Å². The van der Waals surface area contributed by atoms with Gasteiger partial charge in [-0.05, 0) is 107 Å². The van der Waals surface area contributed by atoms with Crippen molar-refractivity contribution in [3.05, 3.63) is 181 Å². The van der Waals surface area contributed by atoms with Crippen LogP contribution in [0.1, 0.15) is 39.8 Å². The van der Waals surface area contributed by atoms with E-state index in [2.05, 4.69) is 0 Å². The lowest BCUT2D eigenvalue weighted by atomic mass is 9.85. The zero-order valence-electron chi connectivity index (χ0n) is 53.5. The van der Waals surface area contributed by atoms with Gasteiger partial charge in [-0.3, -0.25) is 0 Å². The van der Waals surface area contributed by atoms with Gasteiger partial charge in [-0.25, -0.2) is 0 Å². The van der Waals surface area contributed by atoms with E-state index >= 15 is 0 Å². The molecule has 0 N–H and O–H groups in total.